The van der Waals surface area contributed by atoms with Crippen LogP contribution in [0.25, 0.3) is 0 Å². The van der Waals surface area contributed by atoms with Gasteiger partial charge in [-0.3, -0.25) is 0 Å². The normalized spacial score (nSPS) is 19.2. The molecule has 2 rings (SSSR count). The molecule has 0 saturated carbocycles. The Morgan fingerprint density at radius 1 is 1.35 bits per heavy atom. The molecule has 1 heterocycles. The Labute approximate surface area is 151 Å². The Morgan fingerprint density at radius 2 is 2.09 bits per heavy atom. The number of likely N-dealkylation sites (tertiary alicyclic amines) is 1. The van der Waals surface area contributed by atoms with Gasteiger partial charge in [0.05, 0.1) is 5.02 Å². The molecule has 4 nitrogen and oxygen atoms in total. The number of carbonyl (C=O) groups is 1. The molecular weight excluding hydrogens is 380 g/mol. The molecule has 1 saturated heterocycles. The highest BCUT2D eigenvalue weighted by atomic mass is 79.9. The van der Waals surface area contributed by atoms with Crippen molar-refractivity contribution in [3.05, 3.63) is 27.7 Å². The second kappa shape index (κ2) is 7.75. The van der Waals surface area contributed by atoms with E-state index in [2.05, 4.69) is 21.2 Å². The third kappa shape index (κ3) is 5.88. The number of hydrogen-bond acceptors (Lipinski definition) is 3. The number of nitrogens with one attached hydrogen (secondary N) is 1. The zero-order valence-electron chi connectivity index (χ0n) is 13.9. The summed E-state index contributed by atoms with van der Waals surface area (Å²) in [7, 11) is 0. The van der Waals surface area contributed by atoms with Gasteiger partial charge in [0.15, 0.2) is 0 Å². The molecule has 0 bridgehead atoms. The maximum atomic E-state index is 12.2. The Morgan fingerprint density at radius 3 is 2.74 bits per heavy atom. The molecule has 23 heavy (non-hydrogen) atoms. The predicted molar refractivity (Wildman–Crippen MR) is 98.2 cm³/mol. The number of benzene rings is 1. The van der Waals surface area contributed by atoms with E-state index in [1.165, 1.54) is 0 Å². The summed E-state index contributed by atoms with van der Waals surface area (Å²) in [4.78, 5) is 14.0. The summed E-state index contributed by atoms with van der Waals surface area (Å²) >= 11 is 9.46. The van der Waals surface area contributed by atoms with E-state index in [1.807, 2.05) is 43.9 Å². The first-order valence-corrected chi connectivity index (χ1v) is 9.11. The van der Waals surface area contributed by atoms with Crippen LogP contribution in [0.2, 0.25) is 5.02 Å². The fourth-order valence-electron chi connectivity index (χ4n) is 2.57. The molecule has 1 unspecified atom stereocenters. The number of halogens is 2. The lowest BCUT2D eigenvalue weighted by Crippen LogP contribution is -2.37. The van der Waals surface area contributed by atoms with Crippen LogP contribution in [-0.4, -0.2) is 35.7 Å². The molecule has 1 aromatic carbocycles. The minimum atomic E-state index is -0.448. The van der Waals surface area contributed by atoms with Crippen molar-refractivity contribution in [1.29, 1.82) is 0 Å². The van der Waals surface area contributed by atoms with Crippen molar-refractivity contribution in [3.8, 4) is 0 Å². The van der Waals surface area contributed by atoms with E-state index >= 15 is 0 Å². The highest BCUT2D eigenvalue weighted by Crippen LogP contribution is 2.27. The van der Waals surface area contributed by atoms with E-state index in [-0.39, 0.29) is 6.09 Å². The molecule has 0 aromatic heterocycles. The minimum absolute atomic E-state index is 0.215. The third-order valence-corrected chi connectivity index (χ3v) is 4.88. The molecule has 1 aliphatic rings. The standard InChI is InChI=1S/C17H24BrClN2O2/c1-17(2,3)23-16(22)21-9-4-5-12(8-10-21)20-13-6-7-15(19)14(18)11-13/h6-7,11-12,20H,4-5,8-10H2,1-3H3. The van der Waals surface area contributed by atoms with E-state index < -0.39 is 5.60 Å². The van der Waals surface area contributed by atoms with Crippen LogP contribution in [0.5, 0.6) is 0 Å². The SMILES string of the molecule is CC(C)(C)OC(=O)N1CCCC(Nc2ccc(Cl)c(Br)c2)CC1. The van der Waals surface area contributed by atoms with Gasteiger partial charge < -0.3 is 15.0 Å². The summed E-state index contributed by atoms with van der Waals surface area (Å²) in [5, 5.41) is 4.23. The van der Waals surface area contributed by atoms with Gasteiger partial charge in [0.2, 0.25) is 0 Å². The van der Waals surface area contributed by atoms with Crippen molar-refractivity contribution < 1.29 is 9.53 Å². The van der Waals surface area contributed by atoms with E-state index in [0.29, 0.717) is 17.6 Å². The van der Waals surface area contributed by atoms with Crippen molar-refractivity contribution in [2.75, 3.05) is 18.4 Å². The quantitative estimate of drug-likeness (QED) is 0.728. The zero-order valence-corrected chi connectivity index (χ0v) is 16.2. The predicted octanol–water partition coefficient (Wildman–Crippen LogP) is 5.30. The minimum Gasteiger partial charge on any atom is -0.444 e. The van der Waals surface area contributed by atoms with Crippen molar-refractivity contribution in [1.82, 2.24) is 4.90 Å². The van der Waals surface area contributed by atoms with Gasteiger partial charge in [-0.2, -0.15) is 0 Å². The maximum absolute atomic E-state index is 12.2. The molecule has 0 spiro atoms. The number of anilines is 1. The molecule has 1 N–H and O–H groups in total. The van der Waals surface area contributed by atoms with E-state index in [1.54, 1.807) is 0 Å². The van der Waals surface area contributed by atoms with Gasteiger partial charge in [0.1, 0.15) is 5.60 Å². The summed E-state index contributed by atoms with van der Waals surface area (Å²) in [5.41, 5.74) is 0.591. The number of ether oxygens (including phenoxy) is 1. The Bertz CT molecular complexity index is 560. The lowest BCUT2D eigenvalue weighted by atomic mass is 10.1. The smallest absolute Gasteiger partial charge is 0.410 e. The second-order valence-corrected chi connectivity index (χ2v) is 8.13. The van der Waals surface area contributed by atoms with Crippen molar-refractivity contribution in [2.45, 2.75) is 51.7 Å². The molecule has 6 heteroatoms. The first kappa shape index (κ1) is 18.4. The van der Waals surface area contributed by atoms with Gasteiger partial charge in [0, 0.05) is 29.3 Å². The van der Waals surface area contributed by atoms with Crippen LogP contribution in [0, 0.1) is 0 Å². The number of amides is 1. The van der Waals surface area contributed by atoms with Gasteiger partial charge >= 0.3 is 6.09 Å². The van der Waals surface area contributed by atoms with Crippen LogP contribution in [0.1, 0.15) is 40.0 Å². The van der Waals surface area contributed by atoms with Gasteiger partial charge in [0.25, 0.3) is 0 Å². The van der Waals surface area contributed by atoms with Crippen LogP contribution in [0.3, 0.4) is 0 Å². The number of carbonyl (C=O) groups excluding carboxylic acids is 1. The molecule has 1 fully saturated rings. The van der Waals surface area contributed by atoms with Gasteiger partial charge in [-0.05, 0) is 74.2 Å². The number of nitrogens with zero attached hydrogens (tertiary/aromatic N) is 1. The maximum Gasteiger partial charge on any atom is 0.410 e. The highest BCUT2D eigenvalue weighted by Gasteiger charge is 2.25. The fraction of sp³-hybridized carbons (Fsp3) is 0.588. The topological polar surface area (TPSA) is 41.6 Å². The van der Waals surface area contributed by atoms with Gasteiger partial charge in [-0.1, -0.05) is 11.6 Å². The molecule has 128 valence electrons. The first-order chi connectivity index (χ1) is 10.7. The summed E-state index contributed by atoms with van der Waals surface area (Å²) in [6.45, 7) is 7.14. The molecular formula is C17H24BrClN2O2. The van der Waals surface area contributed by atoms with E-state index in [0.717, 1.165) is 36.0 Å². The van der Waals surface area contributed by atoms with Crippen LogP contribution < -0.4 is 5.32 Å². The van der Waals surface area contributed by atoms with E-state index in [4.69, 9.17) is 16.3 Å². The van der Waals surface area contributed by atoms with Gasteiger partial charge in [-0.25, -0.2) is 4.79 Å². The largest absolute Gasteiger partial charge is 0.444 e. The molecule has 1 aromatic rings. The molecule has 1 aliphatic heterocycles. The number of rotatable bonds is 2. The van der Waals surface area contributed by atoms with Crippen molar-refractivity contribution in [3.63, 3.8) is 0 Å². The Balaban J connectivity index is 1.90. The van der Waals surface area contributed by atoms with Crippen LogP contribution in [-0.2, 0) is 4.74 Å². The Hall–Kier alpha value is -0.940. The van der Waals surface area contributed by atoms with E-state index in [9.17, 15) is 4.79 Å². The van der Waals surface area contributed by atoms with Crippen LogP contribution in [0.4, 0.5) is 10.5 Å². The monoisotopic (exact) mass is 402 g/mol. The molecule has 1 atom stereocenters. The van der Waals surface area contributed by atoms with Crippen molar-refractivity contribution in [2.24, 2.45) is 0 Å². The fourth-order valence-corrected chi connectivity index (χ4v) is 3.07. The van der Waals surface area contributed by atoms with Crippen molar-refractivity contribution >= 4 is 39.3 Å². The lowest BCUT2D eigenvalue weighted by Gasteiger charge is -2.26. The van der Waals surface area contributed by atoms with Crippen LogP contribution in [0.15, 0.2) is 22.7 Å². The highest BCUT2D eigenvalue weighted by molar-refractivity contribution is 9.10. The molecule has 1 amide bonds. The average molecular weight is 404 g/mol. The molecule has 0 aliphatic carbocycles. The Kier molecular flexibility index (Phi) is 6.20. The summed E-state index contributed by atoms with van der Waals surface area (Å²) in [6, 6.07) is 6.18. The summed E-state index contributed by atoms with van der Waals surface area (Å²) in [6.07, 6.45) is 2.68. The first-order valence-electron chi connectivity index (χ1n) is 7.94. The molecule has 0 radical (unpaired) electrons. The zero-order chi connectivity index (χ0) is 17.0. The summed E-state index contributed by atoms with van der Waals surface area (Å²) < 4.78 is 6.34. The van der Waals surface area contributed by atoms with Crippen LogP contribution >= 0.6 is 27.5 Å². The summed E-state index contributed by atoms with van der Waals surface area (Å²) in [5.74, 6) is 0. The number of hydrogen-bond donors (Lipinski definition) is 1. The third-order valence-electron chi connectivity index (χ3n) is 3.67. The second-order valence-electron chi connectivity index (χ2n) is 6.87. The average Bonchev–Trinajstić information content (AvgIpc) is 2.67. The lowest BCUT2D eigenvalue weighted by molar-refractivity contribution is 0.0256. The van der Waals surface area contributed by atoms with Gasteiger partial charge in [-0.15, -0.1) is 0 Å².